The molecule has 0 N–H and O–H groups in total. The van der Waals surface area contributed by atoms with Crippen LogP contribution in [0.4, 0.5) is 0 Å². The highest BCUT2D eigenvalue weighted by molar-refractivity contribution is 5.77. The van der Waals surface area contributed by atoms with E-state index in [1.807, 2.05) is 28.8 Å². The van der Waals surface area contributed by atoms with Gasteiger partial charge in [0.15, 0.2) is 0 Å². The van der Waals surface area contributed by atoms with Crippen molar-refractivity contribution in [1.82, 2.24) is 14.7 Å². The SMILES string of the molecule is Cn1nc(CN(Cc2ccco2)C(=O)CC23CC4CC(CC(C4)C2)C3)c2c1CCC2. The van der Waals surface area contributed by atoms with E-state index in [0.29, 0.717) is 25.4 Å². The third-order valence-electron chi connectivity index (χ3n) is 8.51. The standard InChI is InChI=1S/C25H33N3O2/c1-27-23-6-2-5-21(23)22(26-27)16-28(15-20-4-3-7-30-20)24(29)14-25-11-17-8-18(12-25)10-19(9-17)13-25/h3-4,7,17-19H,2,5-6,8-16H2,1H3. The maximum Gasteiger partial charge on any atom is 0.223 e. The van der Waals surface area contributed by atoms with Crippen LogP contribution in [0.25, 0.3) is 0 Å². The zero-order valence-electron chi connectivity index (χ0n) is 18.1. The fourth-order valence-corrected chi connectivity index (χ4v) is 7.77. The number of amides is 1. The van der Waals surface area contributed by atoms with Gasteiger partial charge in [-0.2, -0.15) is 5.10 Å². The van der Waals surface area contributed by atoms with Gasteiger partial charge >= 0.3 is 0 Å². The number of aryl methyl sites for hydroxylation is 1. The number of hydrogen-bond acceptors (Lipinski definition) is 3. The Hall–Kier alpha value is -2.04. The predicted molar refractivity (Wildman–Crippen MR) is 113 cm³/mol. The number of fused-ring (bicyclic) bond motifs is 1. The first-order valence-electron chi connectivity index (χ1n) is 11.9. The quantitative estimate of drug-likeness (QED) is 0.701. The Morgan fingerprint density at radius 2 is 1.90 bits per heavy atom. The highest BCUT2D eigenvalue weighted by Gasteiger charge is 2.51. The van der Waals surface area contributed by atoms with E-state index in [1.165, 1.54) is 56.2 Å². The van der Waals surface area contributed by atoms with Crippen LogP contribution in [0.1, 0.15) is 74.1 Å². The summed E-state index contributed by atoms with van der Waals surface area (Å²) in [6.07, 6.45) is 13.9. The smallest absolute Gasteiger partial charge is 0.223 e. The first kappa shape index (κ1) is 18.7. The maximum atomic E-state index is 13.7. The first-order valence-corrected chi connectivity index (χ1v) is 11.9. The van der Waals surface area contributed by atoms with Crippen molar-refractivity contribution < 1.29 is 9.21 Å². The van der Waals surface area contributed by atoms with Gasteiger partial charge in [0, 0.05) is 19.2 Å². The van der Waals surface area contributed by atoms with Crippen molar-refractivity contribution in [2.75, 3.05) is 0 Å². The molecular weight excluding hydrogens is 374 g/mol. The molecule has 7 rings (SSSR count). The van der Waals surface area contributed by atoms with Gasteiger partial charge < -0.3 is 9.32 Å². The highest BCUT2D eigenvalue weighted by Crippen LogP contribution is 2.61. The van der Waals surface area contributed by atoms with Gasteiger partial charge in [-0.25, -0.2) is 0 Å². The third-order valence-corrected chi connectivity index (χ3v) is 8.51. The van der Waals surface area contributed by atoms with Crippen LogP contribution in [0.3, 0.4) is 0 Å². The summed E-state index contributed by atoms with van der Waals surface area (Å²) in [4.78, 5) is 15.7. The second-order valence-corrected chi connectivity index (χ2v) is 10.8. The number of carbonyl (C=O) groups is 1. The van der Waals surface area contributed by atoms with Crippen molar-refractivity contribution in [3.63, 3.8) is 0 Å². The van der Waals surface area contributed by atoms with Crippen LogP contribution in [0.15, 0.2) is 22.8 Å². The molecule has 4 saturated carbocycles. The Morgan fingerprint density at radius 1 is 1.17 bits per heavy atom. The second-order valence-electron chi connectivity index (χ2n) is 10.8. The van der Waals surface area contributed by atoms with Gasteiger partial charge in [0.25, 0.3) is 0 Å². The fraction of sp³-hybridized carbons (Fsp3) is 0.680. The van der Waals surface area contributed by atoms with E-state index in [-0.39, 0.29) is 5.41 Å². The van der Waals surface area contributed by atoms with Crippen LogP contribution < -0.4 is 0 Å². The van der Waals surface area contributed by atoms with Gasteiger partial charge in [-0.3, -0.25) is 9.48 Å². The second kappa shape index (κ2) is 7.00. The minimum absolute atomic E-state index is 0.263. The van der Waals surface area contributed by atoms with Gasteiger partial charge in [0.2, 0.25) is 5.91 Å². The minimum Gasteiger partial charge on any atom is -0.467 e. The van der Waals surface area contributed by atoms with E-state index in [2.05, 4.69) is 0 Å². The molecule has 160 valence electrons. The molecule has 30 heavy (non-hydrogen) atoms. The van der Waals surface area contributed by atoms with E-state index in [0.717, 1.165) is 42.0 Å². The number of aromatic nitrogens is 2. The molecule has 1 amide bonds. The zero-order chi connectivity index (χ0) is 20.3. The van der Waals surface area contributed by atoms with E-state index >= 15 is 0 Å². The lowest BCUT2D eigenvalue weighted by Crippen LogP contribution is -2.48. The summed E-state index contributed by atoms with van der Waals surface area (Å²) in [7, 11) is 2.04. The molecule has 5 aliphatic carbocycles. The molecule has 0 spiro atoms. The molecule has 0 atom stereocenters. The molecule has 2 heterocycles. The fourth-order valence-electron chi connectivity index (χ4n) is 7.77. The molecule has 0 radical (unpaired) electrons. The Balaban J connectivity index is 1.24. The molecule has 0 aromatic carbocycles. The van der Waals surface area contributed by atoms with E-state index in [4.69, 9.17) is 9.52 Å². The van der Waals surface area contributed by atoms with Gasteiger partial charge in [-0.1, -0.05) is 0 Å². The Bertz CT molecular complexity index is 907. The lowest BCUT2D eigenvalue weighted by molar-refractivity contribution is -0.141. The normalized spacial score (nSPS) is 31.3. The molecule has 0 saturated heterocycles. The zero-order valence-corrected chi connectivity index (χ0v) is 18.1. The summed E-state index contributed by atoms with van der Waals surface area (Å²) in [5.41, 5.74) is 4.09. The Morgan fingerprint density at radius 3 is 2.57 bits per heavy atom. The molecule has 4 fully saturated rings. The van der Waals surface area contributed by atoms with E-state index < -0.39 is 0 Å². The van der Waals surface area contributed by atoms with Crippen molar-refractivity contribution in [3.8, 4) is 0 Å². The largest absolute Gasteiger partial charge is 0.467 e. The molecule has 0 unspecified atom stereocenters. The number of furan rings is 1. The molecule has 5 heteroatoms. The first-order chi connectivity index (χ1) is 14.6. The van der Waals surface area contributed by atoms with E-state index in [1.54, 1.807) is 6.26 Å². The van der Waals surface area contributed by atoms with Gasteiger partial charge in [0.05, 0.1) is 25.0 Å². The van der Waals surface area contributed by atoms with Crippen LogP contribution in [0.2, 0.25) is 0 Å². The van der Waals surface area contributed by atoms with Crippen molar-refractivity contribution in [2.24, 2.45) is 30.2 Å². The summed E-state index contributed by atoms with van der Waals surface area (Å²) >= 11 is 0. The van der Waals surface area contributed by atoms with Crippen molar-refractivity contribution in [2.45, 2.75) is 77.3 Å². The average Bonchev–Trinajstić information content (AvgIpc) is 3.41. The van der Waals surface area contributed by atoms with Crippen molar-refractivity contribution >= 4 is 5.91 Å². The summed E-state index contributed by atoms with van der Waals surface area (Å²) in [5.74, 6) is 3.79. The lowest BCUT2D eigenvalue weighted by atomic mass is 9.49. The molecule has 5 aliphatic rings. The van der Waals surface area contributed by atoms with Gasteiger partial charge in [-0.15, -0.1) is 0 Å². The molecule has 5 nitrogen and oxygen atoms in total. The van der Waals surface area contributed by atoms with Crippen molar-refractivity contribution in [1.29, 1.82) is 0 Å². The Labute approximate surface area is 178 Å². The van der Waals surface area contributed by atoms with Gasteiger partial charge in [-0.05, 0) is 98.7 Å². The maximum absolute atomic E-state index is 13.7. The summed E-state index contributed by atoms with van der Waals surface area (Å²) in [5, 5.41) is 4.80. The number of nitrogens with zero attached hydrogens (tertiary/aromatic N) is 3. The summed E-state index contributed by atoms with van der Waals surface area (Å²) in [6, 6.07) is 3.89. The molecular formula is C25H33N3O2. The molecule has 2 aromatic rings. The number of rotatable bonds is 6. The van der Waals surface area contributed by atoms with Gasteiger partial charge in [0.1, 0.15) is 5.76 Å². The lowest BCUT2D eigenvalue weighted by Gasteiger charge is -2.57. The predicted octanol–water partition coefficient (Wildman–Crippen LogP) is 4.64. The van der Waals surface area contributed by atoms with E-state index in [9.17, 15) is 4.79 Å². The Kier molecular flexibility index (Phi) is 4.36. The minimum atomic E-state index is 0.263. The third kappa shape index (κ3) is 3.21. The molecule has 0 aliphatic heterocycles. The van der Waals surface area contributed by atoms with Crippen LogP contribution in [-0.4, -0.2) is 20.6 Å². The molecule has 4 bridgehead atoms. The van der Waals surface area contributed by atoms with Crippen LogP contribution >= 0.6 is 0 Å². The monoisotopic (exact) mass is 407 g/mol. The van der Waals surface area contributed by atoms with Crippen LogP contribution in [0, 0.1) is 23.2 Å². The van der Waals surface area contributed by atoms with Crippen molar-refractivity contribution in [3.05, 3.63) is 41.1 Å². The molecule has 2 aromatic heterocycles. The number of hydrogen-bond donors (Lipinski definition) is 0. The van der Waals surface area contributed by atoms with Crippen LogP contribution in [0.5, 0.6) is 0 Å². The highest BCUT2D eigenvalue weighted by atomic mass is 16.3. The average molecular weight is 408 g/mol. The van der Waals surface area contributed by atoms with Crippen LogP contribution in [-0.2, 0) is 37.8 Å². The summed E-state index contributed by atoms with van der Waals surface area (Å²) < 4.78 is 7.66. The topological polar surface area (TPSA) is 51.3 Å². The number of carbonyl (C=O) groups excluding carboxylic acids is 1. The summed E-state index contributed by atoms with van der Waals surface area (Å²) in [6.45, 7) is 1.15.